The van der Waals surface area contributed by atoms with Gasteiger partial charge < -0.3 is 10.1 Å². The van der Waals surface area contributed by atoms with Crippen molar-refractivity contribution in [1.82, 2.24) is 5.32 Å². The number of methoxy groups -OCH3 is 1. The lowest BCUT2D eigenvalue weighted by molar-refractivity contribution is 0.410. The van der Waals surface area contributed by atoms with Gasteiger partial charge in [0.15, 0.2) is 0 Å². The Labute approximate surface area is 101 Å². The summed E-state index contributed by atoms with van der Waals surface area (Å²) in [6, 6.07) is 5.24. The Balaban J connectivity index is 2.13. The normalized spacial score (nSPS) is 20.7. The Morgan fingerprint density at radius 1 is 1.41 bits per heavy atom. The molecule has 0 aliphatic carbocycles. The molecule has 92 valence electrons. The number of halogens is 1. The highest BCUT2D eigenvalue weighted by Gasteiger charge is 2.10. The topological polar surface area (TPSA) is 21.3 Å². The van der Waals surface area contributed by atoms with Gasteiger partial charge in [0.1, 0.15) is 11.6 Å². The highest BCUT2D eigenvalue weighted by molar-refractivity contribution is 5.58. The fraction of sp³-hybridized carbons (Fsp3) is 0.429. The molecule has 1 atom stereocenters. The standard InChI is InChI=1S/C14H18FNO/c1-17-14-7-4-6-13(15)12(14)9-8-11-5-2-3-10-16-11/h4,6-9,11,16H,2-3,5,10H2,1H3/b9-8+. The van der Waals surface area contributed by atoms with E-state index < -0.39 is 0 Å². The molecule has 17 heavy (non-hydrogen) atoms. The molecule has 1 fully saturated rings. The molecular formula is C14H18FNO. The average molecular weight is 235 g/mol. The van der Waals surface area contributed by atoms with Crippen LogP contribution >= 0.6 is 0 Å². The summed E-state index contributed by atoms with van der Waals surface area (Å²) in [5, 5.41) is 3.40. The van der Waals surface area contributed by atoms with Crippen molar-refractivity contribution in [2.75, 3.05) is 13.7 Å². The molecule has 0 saturated carbocycles. The van der Waals surface area contributed by atoms with Gasteiger partial charge in [-0.2, -0.15) is 0 Å². The van der Waals surface area contributed by atoms with E-state index in [9.17, 15) is 4.39 Å². The minimum atomic E-state index is -0.239. The van der Waals surface area contributed by atoms with Crippen molar-refractivity contribution >= 4 is 6.08 Å². The highest BCUT2D eigenvalue weighted by atomic mass is 19.1. The lowest BCUT2D eigenvalue weighted by Gasteiger charge is -2.20. The number of ether oxygens (including phenoxy) is 1. The van der Waals surface area contributed by atoms with Crippen molar-refractivity contribution in [1.29, 1.82) is 0 Å². The zero-order chi connectivity index (χ0) is 12.1. The lowest BCUT2D eigenvalue weighted by atomic mass is 10.0. The number of hydrogen-bond acceptors (Lipinski definition) is 2. The summed E-state index contributed by atoms with van der Waals surface area (Å²) in [6.45, 7) is 1.05. The zero-order valence-electron chi connectivity index (χ0n) is 10.1. The first-order valence-electron chi connectivity index (χ1n) is 6.05. The molecule has 0 aromatic heterocycles. The maximum atomic E-state index is 13.6. The van der Waals surface area contributed by atoms with Gasteiger partial charge in [-0.05, 0) is 31.5 Å². The zero-order valence-corrected chi connectivity index (χ0v) is 10.1. The second kappa shape index (κ2) is 5.82. The van der Waals surface area contributed by atoms with Gasteiger partial charge in [-0.3, -0.25) is 0 Å². The van der Waals surface area contributed by atoms with Crippen LogP contribution in [0.4, 0.5) is 4.39 Å². The van der Waals surface area contributed by atoms with Crippen molar-refractivity contribution in [3.63, 3.8) is 0 Å². The van der Waals surface area contributed by atoms with E-state index in [2.05, 4.69) is 5.32 Å². The summed E-state index contributed by atoms with van der Waals surface area (Å²) in [5.74, 6) is 0.341. The summed E-state index contributed by atoms with van der Waals surface area (Å²) in [6.07, 6.45) is 7.42. The predicted molar refractivity (Wildman–Crippen MR) is 67.6 cm³/mol. The van der Waals surface area contributed by atoms with Gasteiger partial charge in [0.2, 0.25) is 0 Å². The van der Waals surface area contributed by atoms with E-state index in [1.165, 1.54) is 18.9 Å². The van der Waals surface area contributed by atoms with Crippen molar-refractivity contribution in [2.24, 2.45) is 0 Å². The molecule has 0 amide bonds. The monoisotopic (exact) mass is 235 g/mol. The SMILES string of the molecule is COc1cccc(F)c1/C=C/C1CCCCN1. The van der Waals surface area contributed by atoms with Crippen LogP contribution in [-0.2, 0) is 0 Å². The summed E-state index contributed by atoms with van der Waals surface area (Å²) in [7, 11) is 1.56. The number of hydrogen-bond donors (Lipinski definition) is 1. The molecule has 0 radical (unpaired) electrons. The molecule has 1 aromatic carbocycles. The minimum Gasteiger partial charge on any atom is -0.496 e. The molecule has 1 heterocycles. The maximum absolute atomic E-state index is 13.6. The third kappa shape index (κ3) is 3.07. The van der Waals surface area contributed by atoms with E-state index in [4.69, 9.17) is 4.74 Å². The summed E-state index contributed by atoms with van der Waals surface area (Å²) in [4.78, 5) is 0. The highest BCUT2D eigenvalue weighted by Crippen LogP contribution is 2.23. The Kier molecular flexibility index (Phi) is 4.15. The Hall–Kier alpha value is -1.35. The van der Waals surface area contributed by atoms with Crippen LogP contribution in [0.15, 0.2) is 24.3 Å². The number of piperidine rings is 1. The number of nitrogens with one attached hydrogen (secondary N) is 1. The van der Waals surface area contributed by atoms with Gasteiger partial charge in [-0.15, -0.1) is 0 Å². The average Bonchev–Trinajstić information content (AvgIpc) is 2.38. The second-order valence-corrected chi connectivity index (χ2v) is 4.27. The largest absolute Gasteiger partial charge is 0.496 e. The lowest BCUT2D eigenvalue weighted by Crippen LogP contribution is -2.32. The third-order valence-electron chi connectivity index (χ3n) is 3.08. The molecule has 1 aliphatic rings. The van der Waals surface area contributed by atoms with Crippen LogP contribution in [0.1, 0.15) is 24.8 Å². The summed E-state index contributed by atoms with van der Waals surface area (Å²) in [5.41, 5.74) is 0.530. The van der Waals surface area contributed by atoms with Gasteiger partial charge >= 0.3 is 0 Å². The first kappa shape index (κ1) is 12.1. The molecule has 2 nitrogen and oxygen atoms in total. The summed E-state index contributed by atoms with van der Waals surface area (Å²) >= 11 is 0. The van der Waals surface area contributed by atoms with E-state index in [-0.39, 0.29) is 5.82 Å². The van der Waals surface area contributed by atoms with E-state index in [1.807, 2.05) is 12.2 Å². The third-order valence-corrected chi connectivity index (χ3v) is 3.08. The number of rotatable bonds is 3. The Morgan fingerprint density at radius 2 is 2.29 bits per heavy atom. The maximum Gasteiger partial charge on any atom is 0.134 e. The van der Waals surface area contributed by atoms with E-state index in [0.29, 0.717) is 17.4 Å². The first-order chi connectivity index (χ1) is 8.31. The van der Waals surface area contributed by atoms with Gasteiger partial charge in [0.25, 0.3) is 0 Å². The van der Waals surface area contributed by atoms with Crippen LogP contribution in [0.3, 0.4) is 0 Å². The molecule has 3 heteroatoms. The molecule has 2 rings (SSSR count). The van der Waals surface area contributed by atoms with Crippen LogP contribution in [0.5, 0.6) is 5.75 Å². The molecule has 1 saturated heterocycles. The quantitative estimate of drug-likeness (QED) is 0.869. The van der Waals surface area contributed by atoms with Crippen LogP contribution in [-0.4, -0.2) is 19.7 Å². The second-order valence-electron chi connectivity index (χ2n) is 4.27. The van der Waals surface area contributed by atoms with Crippen molar-refractivity contribution in [2.45, 2.75) is 25.3 Å². The fourth-order valence-corrected chi connectivity index (χ4v) is 2.11. The van der Waals surface area contributed by atoms with E-state index in [0.717, 1.165) is 13.0 Å². The Morgan fingerprint density at radius 3 is 3.00 bits per heavy atom. The van der Waals surface area contributed by atoms with Crippen LogP contribution in [0.25, 0.3) is 6.08 Å². The van der Waals surface area contributed by atoms with Gasteiger partial charge in [-0.25, -0.2) is 4.39 Å². The number of benzene rings is 1. The van der Waals surface area contributed by atoms with Gasteiger partial charge in [0.05, 0.1) is 12.7 Å². The summed E-state index contributed by atoms with van der Waals surface area (Å²) < 4.78 is 18.8. The molecule has 1 aliphatic heterocycles. The van der Waals surface area contributed by atoms with Gasteiger partial charge in [0, 0.05) is 6.04 Å². The van der Waals surface area contributed by atoms with Gasteiger partial charge in [-0.1, -0.05) is 24.6 Å². The first-order valence-corrected chi connectivity index (χ1v) is 6.05. The van der Waals surface area contributed by atoms with Crippen LogP contribution in [0.2, 0.25) is 0 Å². The predicted octanol–water partition coefficient (Wildman–Crippen LogP) is 2.99. The minimum absolute atomic E-state index is 0.239. The smallest absolute Gasteiger partial charge is 0.134 e. The van der Waals surface area contributed by atoms with E-state index in [1.54, 1.807) is 19.2 Å². The molecule has 0 bridgehead atoms. The van der Waals surface area contributed by atoms with E-state index >= 15 is 0 Å². The molecule has 1 N–H and O–H groups in total. The van der Waals surface area contributed by atoms with Crippen LogP contribution in [0, 0.1) is 5.82 Å². The molecule has 1 aromatic rings. The van der Waals surface area contributed by atoms with Crippen molar-refractivity contribution < 1.29 is 9.13 Å². The van der Waals surface area contributed by atoms with Crippen LogP contribution < -0.4 is 10.1 Å². The van der Waals surface area contributed by atoms with Crippen molar-refractivity contribution in [3.8, 4) is 5.75 Å². The molecule has 1 unspecified atom stereocenters. The molecule has 0 spiro atoms. The van der Waals surface area contributed by atoms with Crippen molar-refractivity contribution in [3.05, 3.63) is 35.7 Å². The Bertz CT molecular complexity index is 397. The fourth-order valence-electron chi connectivity index (χ4n) is 2.11. The molecular weight excluding hydrogens is 217 g/mol.